The summed E-state index contributed by atoms with van der Waals surface area (Å²) >= 11 is 0. The average molecular weight is 490 g/mol. The van der Waals surface area contributed by atoms with Crippen LogP contribution in [-0.4, -0.2) is 37.3 Å². The highest BCUT2D eigenvalue weighted by Gasteiger charge is 2.42. The summed E-state index contributed by atoms with van der Waals surface area (Å²) in [6.07, 6.45) is 1.05. The molecule has 10 heteroatoms. The summed E-state index contributed by atoms with van der Waals surface area (Å²) in [5.41, 5.74) is 0.581. The lowest BCUT2D eigenvalue weighted by Crippen LogP contribution is -2.53. The Bertz CT molecular complexity index is 1270. The second kappa shape index (κ2) is 9.63. The van der Waals surface area contributed by atoms with Gasteiger partial charge in [-0.15, -0.1) is 0 Å². The van der Waals surface area contributed by atoms with E-state index in [-0.39, 0.29) is 29.8 Å². The van der Waals surface area contributed by atoms with Crippen molar-refractivity contribution < 1.29 is 26.5 Å². The highest BCUT2D eigenvalue weighted by Crippen LogP contribution is 2.33. The fourth-order valence-corrected chi connectivity index (χ4v) is 6.65. The van der Waals surface area contributed by atoms with Gasteiger partial charge in [0.15, 0.2) is 15.5 Å². The number of hydrogen-bond donors (Lipinski definition) is 2. The number of benzene rings is 2. The summed E-state index contributed by atoms with van der Waals surface area (Å²) < 4.78 is 61.4. The molecule has 0 bridgehead atoms. The van der Waals surface area contributed by atoms with E-state index in [4.69, 9.17) is 0 Å². The highest BCUT2D eigenvalue weighted by molar-refractivity contribution is 7.92. The minimum atomic E-state index is -3.69. The zero-order valence-electron chi connectivity index (χ0n) is 18.7. The minimum absolute atomic E-state index is 0.0151. The lowest BCUT2D eigenvalue weighted by atomic mass is 9.99. The van der Waals surface area contributed by atoms with E-state index in [0.717, 1.165) is 12.1 Å². The van der Waals surface area contributed by atoms with Crippen molar-refractivity contribution in [2.75, 3.05) is 6.54 Å². The topological polar surface area (TPSA) is 101 Å². The van der Waals surface area contributed by atoms with Gasteiger partial charge in [0.25, 0.3) is 5.91 Å². The lowest BCUT2D eigenvalue weighted by Gasteiger charge is -2.35. The molecule has 1 aliphatic heterocycles. The number of carbonyl (C=O) groups excluding carboxylic acids is 1. The highest BCUT2D eigenvalue weighted by atomic mass is 32.2. The molecule has 2 heterocycles. The Kier molecular flexibility index (Phi) is 6.81. The summed E-state index contributed by atoms with van der Waals surface area (Å²) in [5, 5.41) is 7.54. The second-order valence-electron chi connectivity index (χ2n) is 8.47. The van der Waals surface area contributed by atoms with Crippen molar-refractivity contribution in [3.05, 3.63) is 88.8 Å². The molecule has 0 spiro atoms. The number of amides is 1. The van der Waals surface area contributed by atoms with E-state index in [1.165, 1.54) is 19.3 Å². The van der Waals surface area contributed by atoms with E-state index in [1.54, 1.807) is 37.3 Å². The molecule has 0 saturated carbocycles. The Hall–Kier alpha value is -3.11. The number of halogens is 2. The zero-order valence-corrected chi connectivity index (χ0v) is 19.5. The molecule has 4 atom stereocenters. The summed E-state index contributed by atoms with van der Waals surface area (Å²) in [6.45, 7) is 3.49. The number of nitrogens with one attached hydrogen (secondary N) is 2. The van der Waals surface area contributed by atoms with Crippen molar-refractivity contribution in [1.82, 2.24) is 15.8 Å². The maximum Gasteiger partial charge on any atom is 0.273 e. The normalized spacial score (nSPS) is 22.8. The SMILES string of the molecule is CC(NC(=O)c1ccon1)c1cc(F)c(CC2[C@H](C)NC[C@@H](c3ccccc3)S2(=O)=O)cc1F. The largest absolute Gasteiger partial charge is 0.364 e. The second-order valence-corrected chi connectivity index (χ2v) is 10.8. The summed E-state index contributed by atoms with van der Waals surface area (Å²) in [4.78, 5) is 12.1. The van der Waals surface area contributed by atoms with Crippen LogP contribution in [0.3, 0.4) is 0 Å². The van der Waals surface area contributed by atoms with Crippen molar-refractivity contribution in [3.8, 4) is 0 Å². The van der Waals surface area contributed by atoms with Crippen LogP contribution < -0.4 is 10.6 Å². The molecule has 1 aliphatic rings. The van der Waals surface area contributed by atoms with Gasteiger partial charge < -0.3 is 15.2 Å². The molecule has 2 unspecified atom stereocenters. The molecule has 34 heavy (non-hydrogen) atoms. The van der Waals surface area contributed by atoms with Gasteiger partial charge >= 0.3 is 0 Å². The van der Waals surface area contributed by atoms with Crippen molar-refractivity contribution in [2.24, 2.45) is 0 Å². The molecule has 1 amide bonds. The summed E-state index contributed by atoms with van der Waals surface area (Å²) in [7, 11) is -3.69. The summed E-state index contributed by atoms with van der Waals surface area (Å²) in [6, 6.07) is 10.9. The molecule has 4 rings (SSSR count). The average Bonchev–Trinajstić information content (AvgIpc) is 3.34. The van der Waals surface area contributed by atoms with Gasteiger partial charge in [0.05, 0.1) is 16.5 Å². The van der Waals surface area contributed by atoms with Gasteiger partial charge in [-0.05, 0) is 43.5 Å². The van der Waals surface area contributed by atoms with Crippen LogP contribution >= 0.6 is 0 Å². The maximum absolute atomic E-state index is 15.0. The minimum Gasteiger partial charge on any atom is -0.364 e. The first-order valence-corrected chi connectivity index (χ1v) is 12.5. The molecule has 3 aromatic rings. The molecule has 1 saturated heterocycles. The summed E-state index contributed by atoms with van der Waals surface area (Å²) in [5.74, 6) is -2.06. The van der Waals surface area contributed by atoms with Crippen LogP contribution in [0.4, 0.5) is 8.78 Å². The Morgan fingerprint density at radius 1 is 1.21 bits per heavy atom. The van der Waals surface area contributed by atoms with Gasteiger partial charge in [0.2, 0.25) is 0 Å². The molecule has 1 aromatic heterocycles. The Balaban J connectivity index is 1.56. The van der Waals surface area contributed by atoms with Crippen LogP contribution in [0.2, 0.25) is 0 Å². The molecule has 7 nitrogen and oxygen atoms in total. The zero-order chi connectivity index (χ0) is 24.5. The first-order chi connectivity index (χ1) is 16.2. The molecule has 1 fully saturated rings. The molecular weight excluding hydrogens is 464 g/mol. The van der Waals surface area contributed by atoms with Gasteiger partial charge in [-0.1, -0.05) is 35.5 Å². The first-order valence-electron chi connectivity index (χ1n) is 10.9. The van der Waals surface area contributed by atoms with Gasteiger partial charge in [-0.3, -0.25) is 4.79 Å². The number of carbonyl (C=O) groups is 1. The van der Waals surface area contributed by atoms with Crippen molar-refractivity contribution in [2.45, 2.75) is 42.9 Å². The van der Waals surface area contributed by atoms with Gasteiger partial charge in [-0.2, -0.15) is 0 Å². The number of aromatic nitrogens is 1. The molecular formula is C24H25F2N3O4S. The van der Waals surface area contributed by atoms with E-state index in [1.807, 2.05) is 0 Å². The van der Waals surface area contributed by atoms with E-state index < -0.39 is 50.0 Å². The Labute approximate surface area is 196 Å². The number of rotatable bonds is 6. The number of sulfone groups is 1. The number of hydrogen-bond acceptors (Lipinski definition) is 6. The van der Waals surface area contributed by atoms with Crippen LogP contribution in [-0.2, 0) is 16.3 Å². The van der Waals surface area contributed by atoms with Gasteiger partial charge in [0.1, 0.15) is 17.9 Å². The van der Waals surface area contributed by atoms with Crippen LogP contribution in [0.5, 0.6) is 0 Å². The quantitative estimate of drug-likeness (QED) is 0.550. The van der Waals surface area contributed by atoms with E-state index in [2.05, 4.69) is 20.3 Å². The molecule has 2 N–H and O–H groups in total. The van der Waals surface area contributed by atoms with Crippen molar-refractivity contribution >= 4 is 15.7 Å². The standard InChI is InChI=1S/C24H25F2N3O4S/c1-14(28-24(30)21-8-9-33-29-21)18-12-19(25)17(10-20(18)26)11-22-15(2)27-13-23(34(22,31)32)16-6-4-3-5-7-16/h3-10,12,14-15,22-23,27H,11,13H2,1-2H3,(H,28,30)/t14?,15-,22?,23-/m0/s1. The third-order valence-electron chi connectivity index (χ3n) is 6.24. The Morgan fingerprint density at radius 2 is 1.94 bits per heavy atom. The van der Waals surface area contributed by atoms with Gasteiger partial charge in [-0.25, -0.2) is 17.2 Å². The van der Waals surface area contributed by atoms with Crippen LogP contribution in [0.1, 0.15) is 52.3 Å². The lowest BCUT2D eigenvalue weighted by molar-refractivity contribution is 0.0930. The fraction of sp³-hybridized carbons (Fsp3) is 0.333. The predicted molar refractivity (Wildman–Crippen MR) is 122 cm³/mol. The molecule has 0 aliphatic carbocycles. The monoisotopic (exact) mass is 489 g/mol. The molecule has 180 valence electrons. The maximum atomic E-state index is 15.0. The van der Waals surface area contributed by atoms with Crippen molar-refractivity contribution in [1.29, 1.82) is 0 Å². The molecule has 2 aromatic carbocycles. The van der Waals surface area contributed by atoms with E-state index in [9.17, 15) is 17.6 Å². The van der Waals surface area contributed by atoms with Crippen LogP contribution in [0.15, 0.2) is 59.3 Å². The van der Waals surface area contributed by atoms with E-state index >= 15 is 4.39 Å². The fourth-order valence-electron chi connectivity index (χ4n) is 4.29. The van der Waals surface area contributed by atoms with Crippen LogP contribution in [0, 0.1) is 11.6 Å². The smallest absolute Gasteiger partial charge is 0.273 e. The third-order valence-corrected chi connectivity index (χ3v) is 8.90. The Morgan fingerprint density at radius 3 is 2.62 bits per heavy atom. The third kappa shape index (κ3) is 4.74. The molecule has 0 radical (unpaired) electrons. The first kappa shape index (κ1) is 24.0. The predicted octanol–water partition coefficient (Wildman–Crippen LogP) is 3.50. The van der Waals surface area contributed by atoms with Crippen LogP contribution in [0.25, 0.3) is 0 Å². The van der Waals surface area contributed by atoms with E-state index in [0.29, 0.717) is 5.56 Å². The number of nitrogens with zero attached hydrogens (tertiary/aromatic N) is 1. The van der Waals surface area contributed by atoms with Crippen molar-refractivity contribution in [3.63, 3.8) is 0 Å². The van der Waals surface area contributed by atoms with Gasteiger partial charge in [0, 0.05) is 24.2 Å².